The van der Waals surface area contributed by atoms with Gasteiger partial charge in [-0.3, -0.25) is 0 Å². The van der Waals surface area contributed by atoms with Crippen LogP contribution in [0.3, 0.4) is 0 Å². The Balaban J connectivity index is 2.23. The average molecular weight is 297 g/mol. The zero-order valence-corrected chi connectivity index (χ0v) is 11.6. The summed E-state index contributed by atoms with van der Waals surface area (Å²) < 4.78 is 28.0. The topological polar surface area (TPSA) is 104 Å². The minimum absolute atomic E-state index is 0.0467. The van der Waals surface area contributed by atoms with Crippen LogP contribution in [-0.2, 0) is 23.1 Å². The van der Waals surface area contributed by atoms with Gasteiger partial charge in [0, 0.05) is 31.7 Å². The number of nitrogens with zero attached hydrogens (tertiary/aromatic N) is 1. The van der Waals surface area contributed by atoms with E-state index in [-0.39, 0.29) is 17.1 Å². The maximum absolute atomic E-state index is 12.1. The summed E-state index contributed by atoms with van der Waals surface area (Å²) in [7, 11) is -3.73. The lowest BCUT2D eigenvalue weighted by Crippen LogP contribution is -2.22. The molecule has 2 rings (SSSR count). The molecule has 0 aromatic carbocycles. The Kier molecular flexibility index (Phi) is 3.96. The van der Waals surface area contributed by atoms with Gasteiger partial charge in [0.05, 0.1) is 0 Å². The summed E-state index contributed by atoms with van der Waals surface area (Å²) in [6.45, 7) is 2.27. The molecule has 0 fully saturated rings. The molecule has 3 N–H and O–H groups in total. The Morgan fingerprint density at radius 1 is 1.50 bits per heavy atom. The molecular weight excluding hydrogens is 282 g/mol. The second kappa shape index (κ2) is 5.51. The summed E-state index contributed by atoms with van der Waals surface area (Å²) >= 11 is 0. The summed E-state index contributed by atoms with van der Waals surface area (Å²) in [5.41, 5.74) is 0.747. The molecule has 8 heteroatoms. The smallest absolute Gasteiger partial charge is 0.352 e. The molecule has 2 aromatic rings. The molecule has 0 aliphatic carbocycles. The van der Waals surface area contributed by atoms with Gasteiger partial charge < -0.3 is 14.7 Å². The first-order valence-electron chi connectivity index (χ1n) is 5.99. The van der Waals surface area contributed by atoms with Gasteiger partial charge in [0.2, 0.25) is 10.0 Å². The molecule has 0 aliphatic heterocycles. The van der Waals surface area contributed by atoms with E-state index in [0.29, 0.717) is 6.54 Å². The standard InChI is InChI=1S/C12H15N3O4S/c1-2-15-8-10(5-11(15)12(16)17)20(18,19)14-7-9-3-4-13-6-9/h3-6,8,13-14H,2,7H2,1H3,(H,16,17). The van der Waals surface area contributed by atoms with Crippen molar-refractivity contribution in [3.8, 4) is 0 Å². The van der Waals surface area contributed by atoms with Crippen molar-refractivity contribution >= 4 is 16.0 Å². The molecule has 0 unspecified atom stereocenters. The van der Waals surface area contributed by atoms with E-state index in [2.05, 4.69) is 9.71 Å². The van der Waals surface area contributed by atoms with E-state index in [9.17, 15) is 13.2 Å². The quantitative estimate of drug-likeness (QED) is 0.740. The number of hydrogen-bond donors (Lipinski definition) is 3. The Labute approximate surface area is 116 Å². The van der Waals surface area contributed by atoms with Crippen molar-refractivity contribution in [2.75, 3.05) is 0 Å². The molecule has 0 amide bonds. The lowest BCUT2D eigenvalue weighted by Gasteiger charge is -2.03. The van der Waals surface area contributed by atoms with Crippen LogP contribution in [-0.4, -0.2) is 29.0 Å². The fourth-order valence-corrected chi connectivity index (χ4v) is 2.86. The normalized spacial score (nSPS) is 11.7. The minimum atomic E-state index is -3.73. The number of carboxylic acid groups (broad SMARTS) is 1. The monoisotopic (exact) mass is 297 g/mol. The molecule has 0 saturated heterocycles. The number of aromatic nitrogens is 2. The molecule has 0 bridgehead atoms. The summed E-state index contributed by atoms with van der Waals surface area (Å²) in [5, 5.41) is 9.02. The zero-order valence-electron chi connectivity index (χ0n) is 10.8. The zero-order chi connectivity index (χ0) is 14.8. The minimum Gasteiger partial charge on any atom is -0.477 e. The van der Waals surface area contributed by atoms with Crippen LogP contribution in [0.15, 0.2) is 35.6 Å². The average Bonchev–Trinajstić information content (AvgIpc) is 3.05. The van der Waals surface area contributed by atoms with Gasteiger partial charge in [0.15, 0.2) is 0 Å². The van der Waals surface area contributed by atoms with Gasteiger partial charge in [-0.2, -0.15) is 0 Å². The van der Waals surface area contributed by atoms with Crippen LogP contribution in [0.4, 0.5) is 0 Å². The van der Waals surface area contributed by atoms with Crippen molar-refractivity contribution in [3.63, 3.8) is 0 Å². The Morgan fingerprint density at radius 3 is 2.75 bits per heavy atom. The number of H-pyrrole nitrogens is 1. The highest BCUT2D eigenvalue weighted by Gasteiger charge is 2.20. The second-order valence-electron chi connectivity index (χ2n) is 4.20. The number of carbonyl (C=O) groups is 1. The lowest BCUT2D eigenvalue weighted by atomic mass is 10.4. The van der Waals surface area contributed by atoms with Gasteiger partial charge in [-0.1, -0.05) is 0 Å². The predicted octanol–water partition coefficient (Wildman–Crippen LogP) is 1.01. The molecule has 2 heterocycles. The van der Waals surface area contributed by atoms with Crippen molar-refractivity contribution in [1.82, 2.24) is 14.3 Å². The van der Waals surface area contributed by atoms with Crippen molar-refractivity contribution in [1.29, 1.82) is 0 Å². The van der Waals surface area contributed by atoms with Crippen LogP contribution in [0, 0.1) is 0 Å². The maximum Gasteiger partial charge on any atom is 0.352 e. The van der Waals surface area contributed by atoms with Gasteiger partial charge in [-0.25, -0.2) is 17.9 Å². The van der Waals surface area contributed by atoms with Gasteiger partial charge in [-0.05, 0) is 24.6 Å². The molecule has 2 aromatic heterocycles. The third kappa shape index (κ3) is 2.91. The first kappa shape index (κ1) is 14.4. The molecule has 108 valence electrons. The highest BCUT2D eigenvalue weighted by molar-refractivity contribution is 7.89. The Morgan fingerprint density at radius 2 is 2.25 bits per heavy atom. The number of hydrogen-bond acceptors (Lipinski definition) is 3. The summed E-state index contributed by atoms with van der Waals surface area (Å²) in [6.07, 6.45) is 4.70. The van der Waals surface area contributed by atoms with Gasteiger partial charge in [-0.15, -0.1) is 0 Å². The fraction of sp³-hybridized carbons (Fsp3) is 0.250. The van der Waals surface area contributed by atoms with Crippen LogP contribution in [0.25, 0.3) is 0 Å². The number of carboxylic acids is 1. The number of aryl methyl sites for hydroxylation is 1. The third-order valence-corrected chi connectivity index (χ3v) is 4.24. The molecule has 7 nitrogen and oxygen atoms in total. The molecule has 0 atom stereocenters. The lowest BCUT2D eigenvalue weighted by molar-refractivity contribution is 0.0685. The number of sulfonamides is 1. The van der Waals surface area contributed by atoms with Crippen molar-refractivity contribution in [2.24, 2.45) is 0 Å². The van der Waals surface area contributed by atoms with E-state index in [0.717, 1.165) is 11.6 Å². The number of aromatic carboxylic acids is 1. The molecule has 0 radical (unpaired) electrons. The van der Waals surface area contributed by atoms with E-state index in [1.165, 1.54) is 10.8 Å². The van der Waals surface area contributed by atoms with Crippen LogP contribution in [0.2, 0.25) is 0 Å². The second-order valence-corrected chi connectivity index (χ2v) is 5.96. The van der Waals surface area contributed by atoms with E-state index >= 15 is 0 Å². The van der Waals surface area contributed by atoms with Crippen LogP contribution < -0.4 is 4.72 Å². The van der Waals surface area contributed by atoms with Crippen LogP contribution in [0.5, 0.6) is 0 Å². The fourth-order valence-electron chi connectivity index (χ4n) is 1.80. The molecular formula is C12H15N3O4S. The van der Waals surface area contributed by atoms with Crippen molar-refractivity contribution < 1.29 is 18.3 Å². The SMILES string of the molecule is CCn1cc(S(=O)(=O)NCc2cc[nH]c2)cc1C(=O)O. The molecule has 0 aliphatic rings. The van der Waals surface area contributed by atoms with E-state index < -0.39 is 16.0 Å². The van der Waals surface area contributed by atoms with Crippen LogP contribution in [0.1, 0.15) is 23.0 Å². The highest BCUT2D eigenvalue weighted by Crippen LogP contribution is 2.15. The summed E-state index contributed by atoms with van der Waals surface area (Å²) in [5.74, 6) is -1.15. The maximum atomic E-state index is 12.1. The van der Waals surface area contributed by atoms with Crippen molar-refractivity contribution in [3.05, 3.63) is 42.0 Å². The Bertz CT molecular complexity index is 701. The summed E-state index contributed by atoms with van der Waals surface area (Å²) in [6, 6.07) is 2.91. The number of aromatic amines is 1. The number of rotatable bonds is 6. The van der Waals surface area contributed by atoms with E-state index in [1.54, 1.807) is 25.4 Å². The highest BCUT2D eigenvalue weighted by atomic mass is 32.2. The van der Waals surface area contributed by atoms with Gasteiger partial charge >= 0.3 is 5.97 Å². The molecule has 0 spiro atoms. The van der Waals surface area contributed by atoms with E-state index in [1.807, 2.05) is 0 Å². The largest absolute Gasteiger partial charge is 0.477 e. The first-order chi connectivity index (χ1) is 9.44. The summed E-state index contributed by atoms with van der Waals surface area (Å²) in [4.78, 5) is 13.8. The van der Waals surface area contributed by atoms with Gasteiger partial charge in [0.25, 0.3) is 0 Å². The van der Waals surface area contributed by atoms with E-state index in [4.69, 9.17) is 5.11 Å². The van der Waals surface area contributed by atoms with Gasteiger partial charge in [0.1, 0.15) is 10.6 Å². The number of nitrogens with one attached hydrogen (secondary N) is 2. The molecule has 20 heavy (non-hydrogen) atoms. The van der Waals surface area contributed by atoms with Crippen LogP contribution >= 0.6 is 0 Å². The third-order valence-electron chi connectivity index (χ3n) is 2.87. The van der Waals surface area contributed by atoms with Crippen molar-refractivity contribution in [2.45, 2.75) is 24.9 Å². The predicted molar refractivity (Wildman–Crippen MR) is 71.9 cm³/mol. The first-order valence-corrected chi connectivity index (χ1v) is 7.47. The molecule has 0 saturated carbocycles. The Hall–Kier alpha value is -2.06.